The molecule has 0 atom stereocenters. The van der Waals surface area contributed by atoms with Crippen LogP contribution in [0.25, 0.3) is 0 Å². The zero-order valence-corrected chi connectivity index (χ0v) is 13.9. The number of benzene rings is 1. The smallest absolute Gasteiger partial charge is 0.273 e. The Morgan fingerprint density at radius 1 is 1.42 bits per heavy atom. The molecule has 0 bridgehead atoms. The second-order valence-electron chi connectivity index (χ2n) is 5.59. The van der Waals surface area contributed by atoms with Crippen LogP contribution >= 0.6 is 0 Å². The number of aromatic nitrogens is 2. The van der Waals surface area contributed by atoms with Crippen molar-refractivity contribution in [2.24, 2.45) is 7.05 Å². The fourth-order valence-electron chi connectivity index (χ4n) is 2.57. The number of phenols is 1. The Morgan fingerprint density at radius 2 is 2.12 bits per heavy atom. The summed E-state index contributed by atoms with van der Waals surface area (Å²) in [4.78, 5) is 22.0. The van der Waals surface area contributed by atoms with Gasteiger partial charge in [-0.2, -0.15) is 5.10 Å². The zero-order valence-electron chi connectivity index (χ0n) is 13.9. The second-order valence-corrected chi connectivity index (χ2v) is 5.59. The number of nitro benzene ring substituents is 1. The summed E-state index contributed by atoms with van der Waals surface area (Å²) in [6, 6.07) is 3.41. The zero-order chi connectivity index (χ0) is 17.9. The van der Waals surface area contributed by atoms with E-state index in [-0.39, 0.29) is 11.3 Å². The van der Waals surface area contributed by atoms with E-state index in [4.69, 9.17) is 0 Å². The third-order valence-electron chi connectivity index (χ3n) is 3.98. The van der Waals surface area contributed by atoms with Crippen LogP contribution < -0.4 is 5.32 Å². The highest BCUT2D eigenvalue weighted by atomic mass is 16.6. The van der Waals surface area contributed by atoms with Gasteiger partial charge in [0, 0.05) is 25.4 Å². The molecule has 0 saturated carbocycles. The van der Waals surface area contributed by atoms with Crippen LogP contribution in [0.15, 0.2) is 18.2 Å². The van der Waals surface area contributed by atoms with Crippen LogP contribution in [0.5, 0.6) is 5.75 Å². The number of hydrogen-bond donors (Lipinski definition) is 2. The van der Waals surface area contributed by atoms with Crippen molar-refractivity contribution in [1.82, 2.24) is 15.1 Å². The number of phenolic OH excluding ortho intramolecular Hbond substituents is 1. The number of nitro groups is 1. The molecule has 24 heavy (non-hydrogen) atoms. The Labute approximate surface area is 139 Å². The summed E-state index contributed by atoms with van der Waals surface area (Å²) in [7, 11) is 1.89. The lowest BCUT2D eigenvalue weighted by Crippen LogP contribution is -2.25. The Balaban J connectivity index is 1.91. The number of hydrogen-bond acceptors (Lipinski definition) is 5. The van der Waals surface area contributed by atoms with Gasteiger partial charge in [-0.15, -0.1) is 0 Å². The van der Waals surface area contributed by atoms with E-state index in [1.165, 1.54) is 17.7 Å². The first-order valence-corrected chi connectivity index (χ1v) is 7.56. The first-order chi connectivity index (χ1) is 11.3. The van der Waals surface area contributed by atoms with Crippen molar-refractivity contribution in [2.75, 3.05) is 6.54 Å². The summed E-state index contributed by atoms with van der Waals surface area (Å²) < 4.78 is 1.83. The average molecular weight is 332 g/mol. The topological polar surface area (TPSA) is 110 Å². The maximum atomic E-state index is 12.0. The molecule has 2 rings (SSSR count). The summed E-state index contributed by atoms with van der Waals surface area (Å²) in [5.41, 5.74) is 3.02. The van der Waals surface area contributed by atoms with Gasteiger partial charge < -0.3 is 10.4 Å². The molecular weight excluding hydrogens is 312 g/mol. The van der Waals surface area contributed by atoms with Gasteiger partial charge in [0.15, 0.2) is 0 Å². The molecule has 1 amide bonds. The summed E-state index contributed by atoms with van der Waals surface area (Å²) >= 11 is 0. The predicted molar refractivity (Wildman–Crippen MR) is 88.1 cm³/mol. The van der Waals surface area contributed by atoms with Gasteiger partial charge in [-0.05, 0) is 38.3 Å². The highest BCUT2D eigenvalue weighted by molar-refractivity contribution is 5.97. The SMILES string of the molecule is Cc1nn(C)c(C)c1CCCNC(=O)c1ccc([N+](=O)[O-])cc1O. The lowest BCUT2D eigenvalue weighted by molar-refractivity contribution is -0.384. The Hall–Kier alpha value is -2.90. The van der Waals surface area contributed by atoms with Crippen LogP contribution in [0.4, 0.5) is 5.69 Å². The molecule has 0 aliphatic rings. The lowest BCUT2D eigenvalue weighted by Gasteiger charge is -2.07. The van der Waals surface area contributed by atoms with Crippen molar-refractivity contribution >= 4 is 11.6 Å². The van der Waals surface area contributed by atoms with Gasteiger partial charge in [0.05, 0.1) is 22.2 Å². The van der Waals surface area contributed by atoms with E-state index in [1.807, 2.05) is 25.6 Å². The third kappa shape index (κ3) is 3.70. The fraction of sp³-hybridized carbons (Fsp3) is 0.375. The molecule has 0 radical (unpaired) electrons. The molecule has 2 N–H and O–H groups in total. The minimum absolute atomic E-state index is 0.0225. The summed E-state index contributed by atoms with van der Waals surface area (Å²) in [6.45, 7) is 4.39. The molecule has 1 aromatic carbocycles. The molecule has 0 fully saturated rings. The minimum Gasteiger partial charge on any atom is -0.507 e. The second kappa shape index (κ2) is 7.12. The molecule has 1 heterocycles. The molecule has 128 valence electrons. The number of aryl methyl sites for hydroxylation is 2. The van der Waals surface area contributed by atoms with Crippen LogP contribution in [-0.2, 0) is 13.5 Å². The Bertz CT molecular complexity index is 783. The third-order valence-corrected chi connectivity index (χ3v) is 3.98. The quantitative estimate of drug-likeness (QED) is 0.477. The molecular formula is C16H20N4O4. The van der Waals surface area contributed by atoms with Crippen molar-refractivity contribution in [3.8, 4) is 5.75 Å². The van der Waals surface area contributed by atoms with E-state index in [0.717, 1.165) is 30.3 Å². The largest absolute Gasteiger partial charge is 0.507 e. The van der Waals surface area contributed by atoms with Crippen molar-refractivity contribution in [2.45, 2.75) is 26.7 Å². The number of carbonyl (C=O) groups excluding carboxylic acids is 1. The highest BCUT2D eigenvalue weighted by Gasteiger charge is 2.15. The maximum absolute atomic E-state index is 12.0. The first-order valence-electron chi connectivity index (χ1n) is 7.56. The van der Waals surface area contributed by atoms with Gasteiger partial charge in [0.1, 0.15) is 5.75 Å². The number of carbonyl (C=O) groups is 1. The van der Waals surface area contributed by atoms with Gasteiger partial charge in [-0.3, -0.25) is 19.6 Å². The van der Waals surface area contributed by atoms with E-state index < -0.39 is 16.6 Å². The molecule has 8 nitrogen and oxygen atoms in total. The van der Waals surface area contributed by atoms with E-state index in [9.17, 15) is 20.0 Å². The Morgan fingerprint density at radius 3 is 2.67 bits per heavy atom. The van der Waals surface area contributed by atoms with Crippen molar-refractivity contribution in [1.29, 1.82) is 0 Å². The van der Waals surface area contributed by atoms with Crippen LogP contribution in [0.3, 0.4) is 0 Å². The van der Waals surface area contributed by atoms with Crippen molar-refractivity contribution < 1.29 is 14.8 Å². The predicted octanol–water partition coefficient (Wildman–Crippen LogP) is 2.01. The monoisotopic (exact) mass is 332 g/mol. The maximum Gasteiger partial charge on any atom is 0.273 e. The molecule has 2 aromatic rings. The number of rotatable bonds is 6. The molecule has 0 saturated heterocycles. The van der Waals surface area contributed by atoms with E-state index in [1.54, 1.807) is 0 Å². The van der Waals surface area contributed by atoms with Gasteiger partial charge >= 0.3 is 0 Å². The van der Waals surface area contributed by atoms with Crippen molar-refractivity contribution in [3.63, 3.8) is 0 Å². The van der Waals surface area contributed by atoms with E-state index in [0.29, 0.717) is 6.54 Å². The number of nitrogens with one attached hydrogen (secondary N) is 1. The minimum atomic E-state index is -0.625. The van der Waals surface area contributed by atoms with Crippen LogP contribution in [0, 0.1) is 24.0 Å². The average Bonchev–Trinajstić information content (AvgIpc) is 2.76. The van der Waals surface area contributed by atoms with Crippen LogP contribution in [0.2, 0.25) is 0 Å². The van der Waals surface area contributed by atoms with Gasteiger partial charge in [-0.1, -0.05) is 0 Å². The Kier molecular flexibility index (Phi) is 5.18. The van der Waals surface area contributed by atoms with Crippen molar-refractivity contribution in [3.05, 3.63) is 50.8 Å². The number of aromatic hydroxyl groups is 1. The molecule has 0 spiro atoms. The van der Waals surface area contributed by atoms with Gasteiger partial charge in [0.25, 0.3) is 11.6 Å². The fourth-order valence-corrected chi connectivity index (χ4v) is 2.57. The standard InChI is InChI=1S/C16H20N4O4/c1-10-13(11(2)19(3)18-10)5-4-8-17-16(22)14-7-6-12(20(23)24)9-15(14)21/h6-7,9,21H,4-5,8H2,1-3H3,(H,17,22). The lowest BCUT2D eigenvalue weighted by atomic mass is 10.1. The number of non-ortho nitro benzene ring substituents is 1. The molecule has 0 aliphatic heterocycles. The van der Waals surface area contributed by atoms with Crippen LogP contribution in [-0.4, -0.2) is 32.3 Å². The van der Waals surface area contributed by atoms with Gasteiger partial charge in [0.2, 0.25) is 0 Å². The number of nitrogens with zero attached hydrogens (tertiary/aromatic N) is 3. The summed E-state index contributed by atoms with van der Waals surface area (Å²) in [5, 5.41) is 27.4. The van der Waals surface area contributed by atoms with Gasteiger partial charge in [-0.25, -0.2) is 0 Å². The highest BCUT2D eigenvalue weighted by Crippen LogP contribution is 2.23. The molecule has 8 heteroatoms. The van der Waals surface area contributed by atoms with Crippen LogP contribution in [0.1, 0.15) is 33.7 Å². The number of amides is 1. The summed E-state index contributed by atoms with van der Waals surface area (Å²) in [5.74, 6) is -0.859. The van der Waals surface area contributed by atoms with E-state index in [2.05, 4.69) is 10.4 Å². The molecule has 0 unspecified atom stereocenters. The summed E-state index contributed by atoms with van der Waals surface area (Å²) in [6.07, 6.45) is 1.52. The molecule has 1 aromatic heterocycles. The normalized spacial score (nSPS) is 10.6. The molecule has 0 aliphatic carbocycles. The van der Waals surface area contributed by atoms with E-state index >= 15 is 0 Å². The first kappa shape index (κ1) is 17.5.